The fraction of sp³-hybridized carbons (Fsp3) is 0.250. The fourth-order valence-electron chi connectivity index (χ4n) is 2.27. The van der Waals surface area contributed by atoms with Crippen LogP contribution < -0.4 is 9.47 Å². The maximum atomic E-state index is 12.3. The number of amides is 1. The van der Waals surface area contributed by atoms with E-state index in [1.807, 2.05) is 18.2 Å². The van der Waals surface area contributed by atoms with Crippen LogP contribution in [0.1, 0.15) is 16.1 Å². The summed E-state index contributed by atoms with van der Waals surface area (Å²) in [6.45, 7) is 1.45. The third-order valence-electron chi connectivity index (χ3n) is 3.36. The number of nitrogens with zero attached hydrogens (tertiary/aromatic N) is 2. The van der Waals surface area contributed by atoms with E-state index in [0.29, 0.717) is 31.3 Å². The lowest BCUT2D eigenvalue weighted by Crippen LogP contribution is -2.27. The second-order valence-electron chi connectivity index (χ2n) is 5.01. The van der Waals surface area contributed by atoms with Crippen molar-refractivity contribution in [3.63, 3.8) is 0 Å². The molecule has 0 aliphatic carbocycles. The first-order chi connectivity index (χ1) is 10.6. The quantitative estimate of drug-likeness (QED) is 0.936. The van der Waals surface area contributed by atoms with Crippen molar-refractivity contribution in [1.29, 1.82) is 0 Å². The van der Waals surface area contributed by atoms with Gasteiger partial charge in [-0.3, -0.25) is 4.79 Å². The zero-order valence-corrected chi connectivity index (χ0v) is 12.2. The number of carbonyl (C=O) groups excluding carboxylic acids is 1. The van der Waals surface area contributed by atoms with Crippen LogP contribution in [0.5, 0.6) is 17.2 Å². The van der Waals surface area contributed by atoms with Crippen molar-refractivity contribution >= 4 is 5.91 Å². The average Bonchev–Trinajstić information content (AvgIpc) is 2.54. The van der Waals surface area contributed by atoms with E-state index in [-0.39, 0.29) is 17.4 Å². The van der Waals surface area contributed by atoms with Crippen LogP contribution in [-0.2, 0) is 6.54 Å². The first-order valence-corrected chi connectivity index (χ1v) is 6.93. The van der Waals surface area contributed by atoms with E-state index in [9.17, 15) is 9.90 Å². The number of aromatic nitrogens is 1. The molecular weight excluding hydrogens is 284 g/mol. The van der Waals surface area contributed by atoms with Crippen molar-refractivity contribution in [2.75, 3.05) is 20.3 Å². The summed E-state index contributed by atoms with van der Waals surface area (Å²) in [7, 11) is 1.66. The maximum absolute atomic E-state index is 12.3. The Balaban J connectivity index is 1.75. The van der Waals surface area contributed by atoms with Gasteiger partial charge in [0.25, 0.3) is 5.91 Å². The molecule has 1 aliphatic heterocycles. The summed E-state index contributed by atoms with van der Waals surface area (Å²) >= 11 is 0. The van der Waals surface area contributed by atoms with Crippen LogP contribution in [0.25, 0.3) is 0 Å². The van der Waals surface area contributed by atoms with E-state index in [2.05, 4.69) is 4.98 Å². The normalized spacial score (nSPS) is 12.8. The minimum absolute atomic E-state index is 0.0440. The van der Waals surface area contributed by atoms with Gasteiger partial charge in [-0.1, -0.05) is 6.07 Å². The van der Waals surface area contributed by atoms with E-state index in [1.54, 1.807) is 13.1 Å². The third kappa shape index (κ3) is 2.81. The van der Waals surface area contributed by atoms with Gasteiger partial charge in [-0.2, -0.15) is 0 Å². The van der Waals surface area contributed by atoms with Crippen LogP contribution in [0.15, 0.2) is 36.5 Å². The van der Waals surface area contributed by atoms with Crippen molar-refractivity contribution in [2.45, 2.75) is 6.54 Å². The molecule has 1 amide bonds. The first kappa shape index (κ1) is 14.2. The molecule has 1 aromatic carbocycles. The van der Waals surface area contributed by atoms with Crippen molar-refractivity contribution in [2.24, 2.45) is 0 Å². The molecule has 0 saturated carbocycles. The van der Waals surface area contributed by atoms with Gasteiger partial charge in [0.2, 0.25) is 0 Å². The van der Waals surface area contributed by atoms with Crippen LogP contribution in [0.4, 0.5) is 0 Å². The van der Waals surface area contributed by atoms with Gasteiger partial charge in [0.15, 0.2) is 17.2 Å². The minimum Gasteiger partial charge on any atom is -0.505 e. The van der Waals surface area contributed by atoms with Gasteiger partial charge in [-0.25, -0.2) is 4.98 Å². The highest BCUT2D eigenvalue weighted by molar-refractivity contribution is 5.94. The number of ether oxygens (including phenoxy) is 2. The number of carbonyl (C=O) groups is 1. The van der Waals surface area contributed by atoms with Gasteiger partial charge in [-0.05, 0) is 29.8 Å². The Bertz CT molecular complexity index is 702. The molecule has 114 valence electrons. The van der Waals surface area contributed by atoms with E-state index < -0.39 is 0 Å². The molecule has 0 bridgehead atoms. The molecule has 22 heavy (non-hydrogen) atoms. The molecule has 0 spiro atoms. The molecule has 3 rings (SSSR count). The lowest BCUT2D eigenvalue weighted by molar-refractivity contribution is 0.0775. The maximum Gasteiger partial charge on any atom is 0.276 e. The highest BCUT2D eigenvalue weighted by atomic mass is 16.6. The second kappa shape index (κ2) is 5.93. The Hall–Kier alpha value is -2.76. The number of aromatic hydroxyl groups is 1. The number of hydrogen-bond acceptors (Lipinski definition) is 5. The Morgan fingerprint density at radius 3 is 2.82 bits per heavy atom. The average molecular weight is 300 g/mol. The zero-order valence-electron chi connectivity index (χ0n) is 12.2. The summed E-state index contributed by atoms with van der Waals surface area (Å²) < 4.78 is 11.0. The first-order valence-electron chi connectivity index (χ1n) is 6.93. The van der Waals surface area contributed by atoms with Gasteiger partial charge < -0.3 is 19.5 Å². The highest BCUT2D eigenvalue weighted by Crippen LogP contribution is 2.31. The summed E-state index contributed by atoms with van der Waals surface area (Å²) in [5.74, 6) is 0.936. The van der Waals surface area contributed by atoms with E-state index in [4.69, 9.17) is 9.47 Å². The van der Waals surface area contributed by atoms with E-state index >= 15 is 0 Å². The number of benzene rings is 1. The van der Waals surface area contributed by atoms with Crippen LogP contribution in [0, 0.1) is 0 Å². The van der Waals surface area contributed by atoms with E-state index in [0.717, 1.165) is 5.56 Å². The minimum atomic E-state index is -0.340. The lowest BCUT2D eigenvalue weighted by atomic mass is 10.1. The third-order valence-corrected chi connectivity index (χ3v) is 3.36. The molecule has 2 aromatic rings. The predicted octanol–water partition coefficient (Wildman–Crippen LogP) is 1.83. The Morgan fingerprint density at radius 1 is 1.27 bits per heavy atom. The Labute approximate surface area is 127 Å². The van der Waals surface area contributed by atoms with E-state index in [1.165, 1.54) is 17.2 Å². The van der Waals surface area contributed by atoms with Gasteiger partial charge in [-0.15, -0.1) is 0 Å². The molecule has 0 saturated heterocycles. The summed E-state index contributed by atoms with van der Waals surface area (Å²) in [5.41, 5.74) is 0.957. The van der Waals surface area contributed by atoms with Crippen molar-refractivity contribution < 1.29 is 19.4 Å². The van der Waals surface area contributed by atoms with Gasteiger partial charge >= 0.3 is 0 Å². The van der Waals surface area contributed by atoms with Crippen LogP contribution in [0.2, 0.25) is 0 Å². The number of pyridine rings is 1. The molecule has 0 fully saturated rings. The highest BCUT2D eigenvalue weighted by Gasteiger charge is 2.18. The number of rotatable bonds is 3. The summed E-state index contributed by atoms with van der Waals surface area (Å²) in [4.78, 5) is 17.7. The predicted molar refractivity (Wildman–Crippen MR) is 79.1 cm³/mol. The zero-order chi connectivity index (χ0) is 15.5. The van der Waals surface area contributed by atoms with Crippen molar-refractivity contribution in [1.82, 2.24) is 9.88 Å². The second-order valence-corrected chi connectivity index (χ2v) is 5.01. The molecule has 1 aromatic heterocycles. The van der Waals surface area contributed by atoms with Crippen molar-refractivity contribution in [3.05, 3.63) is 47.8 Å². The standard InChI is InChI=1S/C16H16N2O4/c1-18(16(20)15-12(19)3-2-6-17-15)10-11-4-5-13-14(9-11)22-8-7-21-13/h2-6,9,19H,7-8,10H2,1H3. The largest absolute Gasteiger partial charge is 0.505 e. The summed E-state index contributed by atoms with van der Waals surface area (Å²) in [6, 6.07) is 8.59. The molecule has 2 heterocycles. The SMILES string of the molecule is CN(Cc1ccc2c(c1)OCCO2)C(=O)c1ncccc1O. The van der Waals surface area contributed by atoms with Crippen LogP contribution in [0.3, 0.4) is 0 Å². The monoisotopic (exact) mass is 300 g/mol. The summed E-state index contributed by atoms with van der Waals surface area (Å²) in [5, 5.41) is 9.71. The number of fused-ring (bicyclic) bond motifs is 1. The molecule has 6 nitrogen and oxygen atoms in total. The smallest absolute Gasteiger partial charge is 0.276 e. The molecule has 6 heteroatoms. The van der Waals surface area contributed by atoms with Crippen molar-refractivity contribution in [3.8, 4) is 17.2 Å². The van der Waals surface area contributed by atoms with Crippen LogP contribution >= 0.6 is 0 Å². The molecule has 0 unspecified atom stereocenters. The van der Waals surface area contributed by atoms with Crippen LogP contribution in [-0.4, -0.2) is 41.2 Å². The summed E-state index contributed by atoms with van der Waals surface area (Å²) in [6.07, 6.45) is 1.48. The Morgan fingerprint density at radius 2 is 2.05 bits per heavy atom. The molecule has 0 radical (unpaired) electrons. The molecule has 1 N–H and O–H groups in total. The topological polar surface area (TPSA) is 71.9 Å². The lowest BCUT2D eigenvalue weighted by Gasteiger charge is -2.21. The van der Waals surface area contributed by atoms with Gasteiger partial charge in [0.1, 0.15) is 19.0 Å². The number of hydrogen-bond donors (Lipinski definition) is 1. The van der Waals surface area contributed by atoms with Gasteiger partial charge in [0, 0.05) is 19.8 Å². The molecular formula is C16H16N2O4. The molecule has 1 aliphatic rings. The fourth-order valence-corrected chi connectivity index (χ4v) is 2.27. The molecule has 0 atom stereocenters. The van der Waals surface area contributed by atoms with Gasteiger partial charge in [0.05, 0.1) is 0 Å². The Kier molecular flexibility index (Phi) is 3.82.